The van der Waals surface area contributed by atoms with Crippen molar-refractivity contribution in [2.45, 2.75) is 187 Å². The van der Waals surface area contributed by atoms with Gasteiger partial charge in [-0.1, -0.05) is 148 Å². The second-order valence-electron chi connectivity index (χ2n) is 12.4. The van der Waals surface area contributed by atoms with Crippen molar-refractivity contribution in [3.8, 4) is 0 Å². The van der Waals surface area contributed by atoms with Gasteiger partial charge in [0.2, 0.25) is 5.91 Å². The van der Waals surface area contributed by atoms with Crippen molar-refractivity contribution < 1.29 is 28.4 Å². The molecule has 8 nitrogen and oxygen atoms in total. The van der Waals surface area contributed by atoms with Crippen molar-refractivity contribution in [3.63, 3.8) is 0 Å². The minimum atomic E-state index is -4.30. The third-order valence-corrected chi connectivity index (χ3v) is 9.10. The van der Waals surface area contributed by atoms with Crippen molar-refractivity contribution in [1.29, 1.82) is 0 Å². The second-order valence-corrected chi connectivity index (χ2v) is 13.9. The Labute approximate surface area is 271 Å². The monoisotopic (exact) mass is 647 g/mol. The van der Waals surface area contributed by atoms with Crippen molar-refractivity contribution in [3.05, 3.63) is 12.2 Å². The van der Waals surface area contributed by atoms with Gasteiger partial charge in [0.05, 0.1) is 25.4 Å². The number of allylic oxidation sites excluding steroid dienone is 2. The van der Waals surface area contributed by atoms with E-state index in [9.17, 15) is 19.4 Å². The van der Waals surface area contributed by atoms with Crippen LogP contribution in [0.15, 0.2) is 12.2 Å². The van der Waals surface area contributed by atoms with Crippen LogP contribution in [0.2, 0.25) is 0 Å². The highest BCUT2D eigenvalue weighted by molar-refractivity contribution is 7.47. The summed E-state index contributed by atoms with van der Waals surface area (Å²) in [5.41, 5.74) is 5.35. The van der Waals surface area contributed by atoms with Gasteiger partial charge in [-0.25, -0.2) is 4.57 Å². The zero-order valence-corrected chi connectivity index (χ0v) is 29.6. The molecule has 262 valence electrons. The summed E-state index contributed by atoms with van der Waals surface area (Å²) in [6.07, 6.45) is 32.1. The highest BCUT2D eigenvalue weighted by Gasteiger charge is 2.27. The number of unbranched alkanes of at least 4 members (excludes halogenated alkanes) is 20. The number of aliphatic hydroxyl groups is 1. The number of amides is 1. The molecule has 0 spiro atoms. The Morgan fingerprint density at radius 1 is 0.727 bits per heavy atom. The summed E-state index contributed by atoms with van der Waals surface area (Å²) in [7, 11) is -4.30. The fourth-order valence-corrected chi connectivity index (χ4v) is 6.05. The third-order valence-electron chi connectivity index (χ3n) is 8.12. The normalized spacial score (nSPS) is 14.6. The maximum absolute atomic E-state index is 12.7. The van der Waals surface area contributed by atoms with E-state index < -0.39 is 20.0 Å². The van der Waals surface area contributed by atoms with Gasteiger partial charge in [-0.2, -0.15) is 0 Å². The number of nitrogens with one attached hydrogen (secondary N) is 1. The minimum Gasteiger partial charge on any atom is -0.391 e. The molecule has 44 heavy (non-hydrogen) atoms. The quantitative estimate of drug-likeness (QED) is 0.0311. The predicted molar refractivity (Wildman–Crippen MR) is 185 cm³/mol. The number of hydrogen-bond acceptors (Lipinski definition) is 6. The molecule has 0 aliphatic rings. The Kier molecular flexibility index (Phi) is 31.6. The molecule has 0 aromatic rings. The molecule has 3 atom stereocenters. The SMILES string of the molecule is CCCC/C=C\CCCCCCCC(=O)NC(COP(=O)(O)OCCN)C(O)CCCCCCCCCCCCCCCC. The van der Waals surface area contributed by atoms with E-state index >= 15 is 0 Å². The van der Waals surface area contributed by atoms with Crippen LogP contribution in [-0.2, 0) is 18.4 Å². The average molecular weight is 647 g/mol. The van der Waals surface area contributed by atoms with Gasteiger partial charge in [0.25, 0.3) is 0 Å². The molecule has 0 radical (unpaired) electrons. The molecule has 0 rings (SSSR count). The van der Waals surface area contributed by atoms with Crippen molar-refractivity contribution in [2.75, 3.05) is 19.8 Å². The molecular formula is C35H71N2O6P. The van der Waals surface area contributed by atoms with E-state index in [1.54, 1.807) is 0 Å². The maximum atomic E-state index is 12.7. The lowest BCUT2D eigenvalue weighted by atomic mass is 10.0. The second kappa shape index (κ2) is 32.2. The molecule has 0 saturated carbocycles. The summed E-state index contributed by atoms with van der Waals surface area (Å²) in [5, 5.41) is 13.7. The van der Waals surface area contributed by atoms with Crippen LogP contribution in [-0.4, -0.2) is 47.8 Å². The number of phosphoric ester groups is 1. The Bertz CT molecular complexity index is 709. The molecule has 0 aliphatic carbocycles. The van der Waals surface area contributed by atoms with Crippen LogP contribution >= 0.6 is 7.82 Å². The van der Waals surface area contributed by atoms with Crippen LogP contribution in [0.25, 0.3) is 0 Å². The molecule has 1 amide bonds. The molecule has 5 N–H and O–H groups in total. The molecule has 0 aromatic heterocycles. The van der Waals surface area contributed by atoms with Crippen molar-refractivity contribution in [2.24, 2.45) is 5.73 Å². The smallest absolute Gasteiger partial charge is 0.391 e. The molecule has 0 saturated heterocycles. The standard InChI is InChI=1S/C35H71N2O6P/c1-3-5-7-9-11-13-15-16-17-19-20-22-24-26-28-34(38)33(32-43-44(40,41)42-31-30-36)37-35(39)29-27-25-23-21-18-14-12-10-8-6-4-2/h10,12,33-34,38H,3-9,11,13-32,36H2,1-2H3,(H,37,39)(H,40,41)/b12-10-. The van der Waals surface area contributed by atoms with Crippen LogP contribution in [0, 0.1) is 0 Å². The third kappa shape index (κ3) is 29.9. The summed E-state index contributed by atoms with van der Waals surface area (Å²) in [6, 6.07) is -0.772. The highest BCUT2D eigenvalue weighted by Crippen LogP contribution is 2.43. The predicted octanol–water partition coefficient (Wildman–Crippen LogP) is 9.27. The Balaban J connectivity index is 4.27. The summed E-state index contributed by atoms with van der Waals surface area (Å²) in [6.45, 7) is 4.15. The highest BCUT2D eigenvalue weighted by atomic mass is 31.2. The lowest BCUT2D eigenvalue weighted by Gasteiger charge is -2.25. The van der Waals surface area contributed by atoms with E-state index in [2.05, 4.69) is 31.3 Å². The summed E-state index contributed by atoms with van der Waals surface area (Å²) in [4.78, 5) is 22.5. The zero-order chi connectivity index (χ0) is 32.6. The van der Waals surface area contributed by atoms with Gasteiger partial charge in [-0.05, 0) is 32.1 Å². The van der Waals surface area contributed by atoms with Crippen LogP contribution in [0.5, 0.6) is 0 Å². The van der Waals surface area contributed by atoms with E-state index in [4.69, 9.17) is 14.8 Å². The number of carbonyl (C=O) groups excluding carboxylic acids is 1. The lowest BCUT2D eigenvalue weighted by Crippen LogP contribution is -2.46. The number of carbonyl (C=O) groups is 1. The van der Waals surface area contributed by atoms with Crippen LogP contribution in [0.3, 0.4) is 0 Å². The summed E-state index contributed by atoms with van der Waals surface area (Å²) < 4.78 is 22.0. The fourth-order valence-electron chi connectivity index (χ4n) is 5.29. The molecule has 0 bridgehead atoms. The van der Waals surface area contributed by atoms with Crippen molar-refractivity contribution >= 4 is 13.7 Å². The number of phosphoric acid groups is 1. The topological polar surface area (TPSA) is 131 Å². The molecule has 0 fully saturated rings. The van der Waals surface area contributed by atoms with Gasteiger partial charge >= 0.3 is 7.82 Å². The minimum absolute atomic E-state index is 0.0888. The summed E-state index contributed by atoms with van der Waals surface area (Å²) >= 11 is 0. The zero-order valence-electron chi connectivity index (χ0n) is 28.7. The molecule has 9 heteroatoms. The number of aliphatic hydroxyl groups excluding tert-OH is 1. The van der Waals surface area contributed by atoms with Gasteiger partial charge in [0.1, 0.15) is 0 Å². The largest absolute Gasteiger partial charge is 0.472 e. The van der Waals surface area contributed by atoms with Gasteiger partial charge in [-0.3, -0.25) is 13.8 Å². The first kappa shape index (κ1) is 43.2. The maximum Gasteiger partial charge on any atom is 0.472 e. The van der Waals surface area contributed by atoms with Gasteiger partial charge in [-0.15, -0.1) is 0 Å². The van der Waals surface area contributed by atoms with Crippen LogP contribution in [0.4, 0.5) is 0 Å². The molecule has 0 aromatic carbocycles. The molecule has 3 unspecified atom stereocenters. The fraction of sp³-hybridized carbons (Fsp3) is 0.914. The number of nitrogens with two attached hydrogens (primary N) is 1. The molecule has 0 heterocycles. The van der Waals surface area contributed by atoms with E-state index in [1.165, 1.54) is 96.3 Å². The molecular weight excluding hydrogens is 575 g/mol. The number of hydrogen-bond donors (Lipinski definition) is 4. The first-order valence-corrected chi connectivity index (χ1v) is 19.8. The van der Waals surface area contributed by atoms with Gasteiger partial charge in [0.15, 0.2) is 0 Å². The Morgan fingerprint density at radius 2 is 1.20 bits per heavy atom. The Hall–Kier alpha value is -0.760. The van der Waals surface area contributed by atoms with Gasteiger partial charge < -0.3 is 21.1 Å². The first-order chi connectivity index (χ1) is 21.4. The summed E-state index contributed by atoms with van der Waals surface area (Å²) in [5.74, 6) is -0.173. The van der Waals surface area contributed by atoms with E-state index in [1.807, 2.05) is 0 Å². The first-order valence-electron chi connectivity index (χ1n) is 18.3. The number of rotatable bonds is 34. The Morgan fingerprint density at radius 3 is 1.75 bits per heavy atom. The van der Waals surface area contributed by atoms with E-state index in [-0.39, 0.29) is 25.7 Å². The van der Waals surface area contributed by atoms with E-state index in [0.29, 0.717) is 12.8 Å². The van der Waals surface area contributed by atoms with Crippen LogP contribution in [0.1, 0.15) is 174 Å². The lowest BCUT2D eigenvalue weighted by molar-refractivity contribution is -0.123. The average Bonchev–Trinajstić information content (AvgIpc) is 3.01. The molecule has 0 aliphatic heterocycles. The van der Waals surface area contributed by atoms with Crippen molar-refractivity contribution in [1.82, 2.24) is 5.32 Å². The van der Waals surface area contributed by atoms with E-state index in [0.717, 1.165) is 51.4 Å². The van der Waals surface area contributed by atoms with Gasteiger partial charge in [0, 0.05) is 13.0 Å². The van der Waals surface area contributed by atoms with Crippen LogP contribution < -0.4 is 11.1 Å².